The van der Waals surface area contributed by atoms with Crippen molar-refractivity contribution >= 4 is 46.1 Å². The molecular formula is C65H74N5OPtSi-. The number of hydrogen-bond acceptors (Lipinski definition) is 4. The Morgan fingerprint density at radius 2 is 1.22 bits per heavy atom. The SMILES string of the molecule is CC(C)c1cc([Si](C)(C)C)cc(C(C)C)c1-n1c(-c2cc(C(C)(C)C)cc(C(C)(C)C)c2O)nc2c(-c3[c-]c(-c4nccc5c4nc4n5C(C)(C)c5ccccc5-4)cc(C(C)(C)C)c3)cc3ccccc3c21.[Pt]. The summed E-state index contributed by atoms with van der Waals surface area (Å²) < 4.78 is 4.84. The van der Waals surface area contributed by atoms with Gasteiger partial charge in [-0.25, -0.2) is 9.97 Å². The van der Waals surface area contributed by atoms with Crippen LogP contribution in [0.15, 0.2) is 103 Å². The van der Waals surface area contributed by atoms with Gasteiger partial charge in [0.1, 0.15) is 17.4 Å². The summed E-state index contributed by atoms with van der Waals surface area (Å²) in [5, 5.41) is 16.6. The van der Waals surface area contributed by atoms with Crippen LogP contribution in [0, 0.1) is 6.07 Å². The van der Waals surface area contributed by atoms with E-state index >= 15 is 0 Å². The summed E-state index contributed by atoms with van der Waals surface area (Å²) in [5.41, 5.74) is 16.5. The van der Waals surface area contributed by atoms with E-state index in [1.807, 2.05) is 6.20 Å². The Bertz CT molecular complexity index is 3640. The summed E-state index contributed by atoms with van der Waals surface area (Å²) in [4.78, 5) is 16.5. The molecule has 6 aromatic carbocycles. The van der Waals surface area contributed by atoms with Gasteiger partial charge in [-0.2, -0.15) is 0 Å². The van der Waals surface area contributed by atoms with Crippen LogP contribution in [0.3, 0.4) is 0 Å². The molecule has 0 fully saturated rings. The van der Waals surface area contributed by atoms with E-state index in [4.69, 9.17) is 15.0 Å². The molecule has 0 saturated heterocycles. The number of hydrogen-bond donors (Lipinski definition) is 1. The molecule has 1 aliphatic rings. The number of phenols is 1. The molecule has 0 atom stereocenters. The Morgan fingerprint density at radius 1 is 0.630 bits per heavy atom. The monoisotopic (exact) mass is 1160 g/mol. The number of nitrogens with zero attached hydrogens (tertiary/aromatic N) is 5. The van der Waals surface area contributed by atoms with Crippen LogP contribution < -0.4 is 5.19 Å². The van der Waals surface area contributed by atoms with Crippen LogP contribution in [0.2, 0.25) is 19.6 Å². The van der Waals surface area contributed by atoms with Gasteiger partial charge in [0.2, 0.25) is 0 Å². The van der Waals surface area contributed by atoms with Crippen molar-refractivity contribution in [1.82, 2.24) is 24.1 Å². The van der Waals surface area contributed by atoms with Gasteiger partial charge >= 0.3 is 0 Å². The molecule has 8 heteroatoms. The maximum Gasteiger partial charge on any atom is 0.148 e. The van der Waals surface area contributed by atoms with Crippen molar-refractivity contribution in [3.8, 4) is 56.6 Å². The predicted molar refractivity (Wildman–Crippen MR) is 308 cm³/mol. The Morgan fingerprint density at radius 3 is 1.84 bits per heavy atom. The van der Waals surface area contributed by atoms with E-state index < -0.39 is 8.07 Å². The second-order valence-corrected chi connectivity index (χ2v) is 31.0. The Labute approximate surface area is 450 Å². The van der Waals surface area contributed by atoms with Gasteiger partial charge in [-0.1, -0.05) is 199 Å². The van der Waals surface area contributed by atoms with Gasteiger partial charge in [0, 0.05) is 49.5 Å². The molecule has 0 aliphatic carbocycles. The van der Waals surface area contributed by atoms with Crippen LogP contribution in [-0.4, -0.2) is 37.3 Å². The average molecular weight is 1160 g/mol. The molecule has 6 nitrogen and oxygen atoms in total. The van der Waals surface area contributed by atoms with Crippen molar-refractivity contribution in [3.05, 3.63) is 143 Å². The zero-order valence-corrected chi connectivity index (χ0v) is 49.7. The van der Waals surface area contributed by atoms with Gasteiger partial charge in [-0.05, 0) is 81.7 Å². The van der Waals surface area contributed by atoms with Crippen LogP contribution >= 0.6 is 0 Å². The minimum absolute atomic E-state index is 0. The number of rotatable bonds is 7. The fourth-order valence-corrected chi connectivity index (χ4v) is 12.3. The summed E-state index contributed by atoms with van der Waals surface area (Å²) in [7, 11) is -1.76. The summed E-state index contributed by atoms with van der Waals surface area (Å²) >= 11 is 0. The van der Waals surface area contributed by atoms with Crippen molar-refractivity contribution in [2.75, 3.05) is 0 Å². The second-order valence-electron chi connectivity index (χ2n) is 25.9. The minimum Gasteiger partial charge on any atom is -0.507 e. The zero-order valence-electron chi connectivity index (χ0n) is 46.5. The number of aromatic hydroxyl groups is 1. The van der Waals surface area contributed by atoms with Gasteiger partial charge in [-0.15, -0.1) is 29.3 Å². The first-order chi connectivity index (χ1) is 33.6. The summed E-state index contributed by atoms with van der Waals surface area (Å²) in [5.74, 6) is 2.37. The number of pyridine rings is 1. The fraction of sp³-hybridized carbons (Fsp3) is 0.369. The van der Waals surface area contributed by atoms with Crippen molar-refractivity contribution in [2.45, 2.75) is 157 Å². The topological polar surface area (TPSA) is 68.8 Å². The molecule has 0 unspecified atom stereocenters. The first-order valence-electron chi connectivity index (χ1n) is 26.1. The summed E-state index contributed by atoms with van der Waals surface area (Å²) in [6, 6.07) is 39.8. The minimum atomic E-state index is -1.76. The molecule has 1 aliphatic heterocycles. The van der Waals surface area contributed by atoms with Crippen LogP contribution in [0.25, 0.3) is 83.7 Å². The maximum absolute atomic E-state index is 12.9. The van der Waals surface area contributed by atoms with E-state index in [9.17, 15) is 5.11 Å². The predicted octanol–water partition coefficient (Wildman–Crippen LogP) is 16.9. The number of benzene rings is 6. The maximum atomic E-state index is 12.9. The number of imidazole rings is 2. The molecule has 1 N–H and O–H groups in total. The van der Waals surface area contributed by atoms with Crippen molar-refractivity contribution in [2.24, 2.45) is 0 Å². The average Bonchev–Trinajstić information content (AvgIpc) is 3.96. The third-order valence-corrected chi connectivity index (χ3v) is 17.4. The Hall–Kier alpha value is -5.62. The first kappa shape index (κ1) is 52.2. The van der Waals surface area contributed by atoms with Gasteiger partial charge in [0.05, 0.1) is 46.9 Å². The largest absolute Gasteiger partial charge is 0.507 e. The molecule has 10 rings (SSSR count). The normalized spacial score (nSPS) is 13.9. The van der Waals surface area contributed by atoms with Crippen molar-refractivity contribution < 1.29 is 26.2 Å². The van der Waals surface area contributed by atoms with E-state index in [1.165, 1.54) is 27.4 Å². The van der Waals surface area contributed by atoms with E-state index in [0.717, 1.165) is 94.8 Å². The van der Waals surface area contributed by atoms with E-state index in [0.29, 0.717) is 0 Å². The molecule has 0 radical (unpaired) electrons. The second kappa shape index (κ2) is 17.8. The zero-order chi connectivity index (χ0) is 51.9. The van der Waals surface area contributed by atoms with Gasteiger partial charge in [0.15, 0.2) is 0 Å². The first-order valence-corrected chi connectivity index (χ1v) is 29.6. The molecule has 9 aromatic rings. The fourth-order valence-electron chi connectivity index (χ4n) is 11.1. The van der Waals surface area contributed by atoms with Gasteiger partial charge < -0.3 is 9.67 Å². The molecule has 3 aromatic heterocycles. The molecule has 0 amide bonds. The van der Waals surface area contributed by atoms with Gasteiger partial charge in [-0.3, -0.25) is 9.55 Å². The standard InChI is InChI=1S/C65H74N5OSi.Pt/c1-37(2)47-35-44(72(16,17)18)36-48(38(3)4)57(47)69-58-45-24-20-19-23-39(45)32-49(55(58)67-60(69)50-33-43(63(8,9)10)34-52(59(50)71)64(11,12)13)40-29-41(31-42(30-40)62(5,6)7)54-56-53(27-28-66-54)70-61(68-56)46-25-21-22-26-51(46)65(70,14)15;/h19-28,30-38,71H,1-18H3;/q-1;. The Kier molecular flexibility index (Phi) is 12.7. The molecule has 4 heterocycles. The molecule has 0 saturated carbocycles. The van der Waals surface area contributed by atoms with Crippen molar-refractivity contribution in [1.29, 1.82) is 0 Å². The van der Waals surface area contributed by atoms with E-state index in [2.05, 4.69) is 236 Å². The molecule has 73 heavy (non-hydrogen) atoms. The van der Waals surface area contributed by atoms with Crippen molar-refractivity contribution in [3.63, 3.8) is 0 Å². The smallest absolute Gasteiger partial charge is 0.148 e. The quantitative estimate of drug-likeness (QED) is 0.128. The third-order valence-electron chi connectivity index (χ3n) is 15.4. The number of aromatic nitrogens is 5. The molecule has 0 bridgehead atoms. The molecule has 0 spiro atoms. The van der Waals surface area contributed by atoms with Crippen LogP contribution in [0.4, 0.5) is 0 Å². The van der Waals surface area contributed by atoms with E-state index in [-0.39, 0.29) is 60.4 Å². The van der Waals surface area contributed by atoms with E-state index in [1.54, 1.807) is 0 Å². The number of phenolic OH excluding ortho intramolecular Hbond substituents is 1. The van der Waals surface area contributed by atoms with Crippen LogP contribution in [0.5, 0.6) is 5.75 Å². The van der Waals surface area contributed by atoms with Crippen LogP contribution in [-0.2, 0) is 42.8 Å². The summed E-state index contributed by atoms with van der Waals surface area (Å²) in [6.07, 6.45) is 1.93. The Balaban J connectivity index is 0.00000656. The van der Waals surface area contributed by atoms with Crippen LogP contribution in [0.1, 0.15) is 149 Å². The third kappa shape index (κ3) is 8.65. The molecule has 380 valence electrons. The van der Waals surface area contributed by atoms with Gasteiger partial charge in [0.25, 0.3) is 0 Å². The number of fused-ring (bicyclic) bond motifs is 8. The summed E-state index contributed by atoms with van der Waals surface area (Å²) in [6.45, 7) is 41.4. The molecular weight excluding hydrogens is 1090 g/mol.